The largest absolute Gasteiger partial charge is 0.383 e. The Morgan fingerprint density at radius 2 is 1.05 bits per heavy atom. The number of rotatable bonds is 5. The summed E-state index contributed by atoms with van der Waals surface area (Å²) in [4.78, 5) is 0. The quantitative estimate of drug-likeness (QED) is 0.783. The molecule has 106 valence electrons. The smallest absolute Gasteiger partial charge is 0.0373 e. The lowest BCUT2D eigenvalue weighted by Gasteiger charge is -2.13. The van der Waals surface area contributed by atoms with Gasteiger partial charge in [-0.2, -0.15) is 0 Å². The fourth-order valence-corrected chi connectivity index (χ4v) is 2.25. The highest BCUT2D eigenvalue weighted by atomic mass is 14.9. The Kier molecular flexibility index (Phi) is 4.67. The maximum atomic E-state index is 3.50. The van der Waals surface area contributed by atoms with Gasteiger partial charge in [0.15, 0.2) is 0 Å². The molecule has 0 atom stereocenters. The molecule has 0 bridgehead atoms. The Labute approximate surface area is 122 Å². The Balaban J connectivity index is 1.87. The number of hydrogen-bond donors (Lipinski definition) is 2. The average molecular weight is 268 g/mol. The van der Waals surface area contributed by atoms with Gasteiger partial charge in [0.05, 0.1) is 0 Å². The lowest BCUT2D eigenvalue weighted by molar-refractivity contribution is 1.07. The van der Waals surface area contributed by atoms with Crippen molar-refractivity contribution in [1.29, 1.82) is 0 Å². The Hall–Kier alpha value is -1.96. The molecule has 0 aromatic heterocycles. The molecule has 0 unspecified atom stereocenters. The highest BCUT2D eigenvalue weighted by Gasteiger charge is 1.99. The molecular weight excluding hydrogens is 244 g/mol. The summed E-state index contributed by atoms with van der Waals surface area (Å²) in [7, 11) is 0. The van der Waals surface area contributed by atoms with Crippen LogP contribution in [0.5, 0.6) is 0 Å². The van der Waals surface area contributed by atoms with Gasteiger partial charge in [-0.25, -0.2) is 0 Å². The summed E-state index contributed by atoms with van der Waals surface area (Å²) in [6.45, 7) is 10.4. The summed E-state index contributed by atoms with van der Waals surface area (Å²) in [6.07, 6.45) is 0. The molecule has 2 N–H and O–H groups in total. The number of hydrogen-bond acceptors (Lipinski definition) is 2. The number of anilines is 2. The molecule has 2 nitrogen and oxygen atoms in total. The first-order chi connectivity index (χ1) is 9.56. The lowest BCUT2D eigenvalue weighted by atomic mass is 10.1. The second-order valence-corrected chi connectivity index (χ2v) is 5.49. The van der Waals surface area contributed by atoms with Crippen LogP contribution in [-0.2, 0) is 0 Å². The van der Waals surface area contributed by atoms with Crippen molar-refractivity contribution in [3.05, 3.63) is 58.7 Å². The summed E-state index contributed by atoms with van der Waals surface area (Å²) >= 11 is 0. The number of benzene rings is 2. The van der Waals surface area contributed by atoms with Gasteiger partial charge in [0.1, 0.15) is 0 Å². The summed E-state index contributed by atoms with van der Waals surface area (Å²) in [5, 5.41) is 6.99. The molecule has 0 fully saturated rings. The third kappa shape index (κ3) is 3.77. The van der Waals surface area contributed by atoms with Crippen molar-refractivity contribution < 1.29 is 0 Å². The van der Waals surface area contributed by atoms with Crippen molar-refractivity contribution in [2.24, 2.45) is 0 Å². The van der Waals surface area contributed by atoms with Gasteiger partial charge in [0.25, 0.3) is 0 Å². The molecule has 0 aliphatic heterocycles. The average Bonchev–Trinajstić information content (AvgIpc) is 2.42. The zero-order valence-electron chi connectivity index (χ0n) is 12.9. The van der Waals surface area contributed by atoms with Crippen molar-refractivity contribution in [3.63, 3.8) is 0 Å². The monoisotopic (exact) mass is 268 g/mol. The summed E-state index contributed by atoms with van der Waals surface area (Å²) < 4.78 is 0. The summed E-state index contributed by atoms with van der Waals surface area (Å²) in [5.74, 6) is 0. The highest BCUT2D eigenvalue weighted by molar-refractivity contribution is 5.54. The molecule has 0 saturated heterocycles. The van der Waals surface area contributed by atoms with Crippen LogP contribution in [0.1, 0.15) is 22.3 Å². The van der Waals surface area contributed by atoms with Crippen molar-refractivity contribution in [2.45, 2.75) is 27.7 Å². The van der Waals surface area contributed by atoms with E-state index in [0.717, 1.165) is 13.1 Å². The second-order valence-electron chi connectivity index (χ2n) is 5.49. The first kappa shape index (κ1) is 14.4. The second kappa shape index (κ2) is 6.47. The fourth-order valence-electron chi connectivity index (χ4n) is 2.25. The van der Waals surface area contributed by atoms with Crippen LogP contribution in [0.4, 0.5) is 11.4 Å². The molecule has 2 rings (SSSR count). The Morgan fingerprint density at radius 3 is 1.45 bits per heavy atom. The SMILES string of the molecule is Cc1ccc(C)c(NCCNc2cc(C)ccc2C)c1. The van der Waals surface area contributed by atoms with E-state index in [2.05, 4.69) is 74.7 Å². The van der Waals surface area contributed by atoms with Crippen molar-refractivity contribution in [1.82, 2.24) is 0 Å². The minimum atomic E-state index is 0.914. The van der Waals surface area contributed by atoms with Crippen molar-refractivity contribution in [2.75, 3.05) is 23.7 Å². The molecule has 0 heterocycles. The number of nitrogens with one attached hydrogen (secondary N) is 2. The van der Waals surface area contributed by atoms with Crippen molar-refractivity contribution >= 4 is 11.4 Å². The summed E-state index contributed by atoms with van der Waals surface area (Å²) in [6, 6.07) is 13.0. The zero-order chi connectivity index (χ0) is 14.5. The molecule has 0 spiro atoms. The van der Waals surface area contributed by atoms with E-state index in [1.807, 2.05) is 0 Å². The normalized spacial score (nSPS) is 10.4. The van der Waals surface area contributed by atoms with E-state index in [0.29, 0.717) is 0 Å². The van der Waals surface area contributed by atoms with Crippen LogP contribution in [0.15, 0.2) is 36.4 Å². The van der Waals surface area contributed by atoms with Gasteiger partial charge in [0.2, 0.25) is 0 Å². The van der Waals surface area contributed by atoms with E-state index in [4.69, 9.17) is 0 Å². The van der Waals surface area contributed by atoms with Gasteiger partial charge in [-0.3, -0.25) is 0 Å². The van der Waals surface area contributed by atoms with Crippen LogP contribution in [0, 0.1) is 27.7 Å². The van der Waals surface area contributed by atoms with Crippen LogP contribution in [-0.4, -0.2) is 13.1 Å². The predicted molar refractivity (Wildman–Crippen MR) is 88.8 cm³/mol. The van der Waals surface area contributed by atoms with Gasteiger partial charge in [-0.15, -0.1) is 0 Å². The standard InChI is InChI=1S/C18H24N2/c1-13-5-7-15(3)17(11-13)19-9-10-20-18-12-14(2)6-8-16(18)4/h5-8,11-12,19-20H,9-10H2,1-4H3. The topological polar surface area (TPSA) is 24.1 Å². The first-order valence-corrected chi connectivity index (χ1v) is 7.18. The summed E-state index contributed by atoms with van der Waals surface area (Å²) in [5.41, 5.74) is 7.63. The molecule has 2 aromatic rings. The molecule has 2 heteroatoms. The van der Waals surface area contributed by atoms with Crippen molar-refractivity contribution in [3.8, 4) is 0 Å². The predicted octanol–water partition coefficient (Wildman–Crippen LogP) is 4.44. The van der Waals surface area contributed by atoms with E-state index in [1.165, 1.54) is 33.6 Å². The third-order valence-corrected chi connectivity index (χ3v) is 3.54. The maximum Gasteiger partial charge on any atom is 0.0373 e. The fraction of sp³-hybridized carbons (Fsp3) is 0.333. The van der Waals surface area contributed by atoms with E-state index in [1.54, 1.807) is 0 Å². The minimum absolute atomic E-state index is 0.914. The maximum absolute atomic E-state index is 3.50. The van der Waals surface area contributed by atoms with E-state index in [9.17, 15) is 0 Å². The number of aryl methyl sites for hydroxylation is 4. The van der Waals surface area contributed by atoms with Gasteiger partial charge in [-0.05, 0) is 62.1 Å². The van der Waals surface area contributed by atoms with Crippen LogP contribution >= 0.6 is 0 Å². The zero-order valence-corrected chi connectivity index (χ0v) is 12.9. The van der Waals surface area contributed by atoms with Crippen LogP contribution in [0.2, 0.25) is 0 Å². The molecule has 0 radical (unpaired) electrons. The van der Waals surface area contributed by atoms with Crippen LogP contribution in [0.25, 0.3) is 0 Å². The molecule has 0 saturated carbocycles. The highest BCUT2D eigenvalue weighted by Crippen LogP contribution is 2.17. The molecule has 0 aliphatic rings. The lowest BCUT2D eigenvalue weighted by Crippen LogP contribution is -2.14. The van der Waals surface area contributed by atoms with Crippen LogP contribution in [0.3, 0.4) is 0 Å². The van der Waals surface area contributed by atoms with Gasteiger partial charge in [0, 0.05) is 24.5 Å². The Morgan fingerprint density at radius 1 is 0.650 bits per heavy atom. The molecule has 20 heavy (non-hydrogen) atoms. The van der Waals surface area contributed by atoms with E-state index in [-0.39, 0.29) is 0 Å². The van der Waals surface area contributed by atoms with Gasteiger partial charge < -0.3 is 10.6 Å². The van der Waals surface area contributed by atoms with Gasteiger partial charge >= 0.3 is 0 Å². The molecule has 0 aliphatic carbocycles. The van der Waals surface area contributed by atoms with E-state index >= 15 is 0 Å². The Bertz CT molecular complexity index is 534. The molecule has 0 amide bonds. The molecular formula is C18H24N2. The van der Waals surface area contributed by atoms with Gasteiger partial charge in [-0.1, -0.05) is 24.3 Å². The van der Waals surface area contributed by atoms with Crippen LogP contribution < -0.4 is 10.6 Å². The first-order valence-electron chi connectivity index (χ1n) is 7.18. The molecule has 2 aromatic carbocycles. The van der Waals surface area contributed by atoms with E-state index < -0.39 is 0 Å². The third-order valence-electron chi connectivity index (χ3n) is 3.54. The minimum Gasteiger partial charge on any atom is -0.383 e.